The summed E-state index contributed by atoms with van der Waals surface area (Å²) in [5, 5.41) is 2.44. The summed E-state index contributed by atoms with van der Waals surface area (Å²) < 4.78 is 43.7. The first kappa shape index (κ1) is 42.5. The van der Waals surface area contributed by atoms with Crippen LogP contribution in [-0.2, 0) is 52.4 Å². The number of carbonyl (C=O) groups is 2. The highest BCUT2D eigenvalue weighted by molar-refractivity contribution is 6.76. The average Bonchev–Trinajstić information content (AvgIpc) is 3.24. The van der Waals surface area contributed by atoms with Crippen LogP contribution in [0, 0.1) is 0 Å². The van der Waals surface area contributed by atoms with Crippen molar-refractivity contribution >= 4 is 31.0 Å². The highest BCUT2D eigenvalue weighted by Gasteiger charge is 2.51. The molecule has 1 aliphatic rings. The lowest BCUT2D eigenvalue weighted by molar-refractivity contribution is -0.316. The zero-order valence-electron chi connectivity index (χ0n) is 33.4. The van der Waals surface area contributed by atoms with Crippen LogP contribution in [0.4, 0.5) is 4.79 Å². The van der Waals surface area contributed by atoms with E-state index >= 15 is 0 Å². The maximum Gasteiger partial charge on any atom is 0.508 e. The van der Waals surface area contributed by atoms with Gasteiger partial charge in [0.15, 0.2) is 12.4 Å². The van der Waals surface area contributed by atoms with E-state index < -0.39 is 50.9 Å². The van der Waals surface area contributed by atoms with Gasteiger partial charge in [-0.1, -0.05) is 146 Å². The first-order valence-electron chi connectivity index (χ1n) is 20.0. The Bertz CT molecular complexity index is 2030. The molecule has 5 atom stereocenters. The molecule has 1 heterocycles. The van der Waals surface area contributed by atoms with Crippen molar-refractivity contribution in [3.63, 3.8) is 0 Å². The lowest BCUT2D eigenvalue weighted by Gasteiger charge is -2.45. The van der Waals surface area contributed by atoms with Crippen LogP contribution in [0.25, 0.3) is 10.8 Å². The van der Waals surface area contributed by atoms with Gasteiger partial charge >= 0.3 is 12.1 Å². The number of rotatable bonds is 20. The molecule has 0 aliphatic carbocycles. The summed E-state index contributed by atoms with van der Waals surface area (Å²) in [5.41, 5.74) is 3.48. The van der Waals surface area contributed by atoms with Crippen molar-refractivity contribution in [3.8, 4) is 0 Å². The number of hydrogen-bond donors (Lipinski definition) is 0. The third-order valence-electron chi connectivity index (χ3n) is 10.1. The molecule has 0 unspecified atom stereocenters. The fraction of sp³-hybridized carbons (Fsp3) is 0.333. The molecule has 0 spiro atoms. The van der Waals surface area contributed by atoms with Crippen LogP contribution in [0.1, 0.15) is 39.9 Å². The molecule has 1 aliphatic heterocycles. The number of hydrogen-bond acceptors (Lipinski definition) is 9. The third kappa shape index (κ3) is 12.7. The molecule has 58 heavy (non-hydrogen) atoms. The molecule has 0 amide bonds. The molecule has 9 nitrogen and oxygen atoms in total. The molecule has 0 aromatic heterocycles. The highest BCUT2D eigenvalue weighted by atomic mass is 28.3. The molecular weight excluding hydrogens is 749 g/mol. The number of fused-ring (bicyclic) bond motifs is 1. The second-order valence-corrected chi connectivity index (χ2v) is 20.5. The fourth-order valence-electron chi connectivity index (χ4n) is 6.98. The molecule has 0 N–H and O–H groups in total. The van der Waals surface area contributed by atoms with E-state index in [2.05, 4.69) is 56.1 Å². The van der Waals surface area contributed by atoms with E-state index in [-0.39, 0.29) is 26.4 Å². The van der Waals surface area contributed by atoms with Crippen molar-refractivity contribution in [1.29, 1.82) is 0 Å². The lowest BCUT2D eigenvalue weighted by atomic mass is 9.97. The van der Waals surface area contributed by atoms with Gasteiger partial charge in [-0.05, 0) is 59.0 Å². The molecular formula is C48H54O9Si. The number of unbranched alkanes of at least 4 members (excludes halogenated alkanes) is 1. The molecule has 10 heteroatoms. The van der Waals surface area contributed by atoms with Gasteiger partial charge in [-0.25, -0.2) is 9.59 Å². The number of benzene rings is 5. The number of ether oxygens (including phenoxy) is 7. The molecule has 6 rings (SSSR count). The Kier molecular flexibility index (Phi) is 15.8. The minimum Gasteiger partial charge on any atom is -0.450 e. The largest absolute Gasteiger partial charge is 0.508 e. The van der Waals surface area contributed by atoms with Crippen molar-refractivity contribution < 1.29 is 42.7 Å². The van der Waals surface area contributed by atoms with Gasteiger partial charge in [0.1, 0.15) is 24.9 Å². The molecule has 5 aromatic rings. The first-order valence-corrected chi connectivity index (χ1v) is 23.4. The van der Waals surface area contributed by atoms with Gasteiger partial charge < -0.3 is 33.2 Å². The Morgan fingerprint density at radius 2 is 1.29 bits per heavy atom. The average molecular weight is 803 g/mol. The normalized spacial score (nSPS) is 19.3. The molecule has 1 fully saturated rings. The van der Waals surface area contributed by atoms with Crippen LogP contribution < -0.4 is 0 Å². The van der Waals surface area contributed by atoms with E-state index in [4.69, 9.17) is 33.2 Å². The van der Waals surface area contributed by atoms with Crippen LogP contribution in [0.3, 0.4) is 0 Å². The summed E-state index contributed by atoms with van der Waals surface area (Å²) >= 11 is 0. The molecule has 0 saturated carbocycles. The summed E-state index contributed by atoms with van der Waals surface area (Å²) in [7, 11) is -1.79. The Labute approximate surface area is 342 Å². The van der Waals surface area contributed by atoms with Crippen molar-refractivity contribution in [2.24, 2.45) is 0 Å². The number of carbonyl (C=O) groups excluding carboxylic acids is 2. The Balaban J connectivity index is 1.18. The van der Waals surface area contributed by atoms with Gasteiger partial charge in [0.2, 0.25) is 0 Å². The second kappa shape index (κ2) is 21.6. The summed E-state index contributed by atoms with van der Waals surface area (Å²) in [6.07, 6.45) is -2.32. The van der Waals surface area contributed by atoms with Crippen LogP contribution in [-0.4, -0.2) is 70.7 Å². The zero-order chi connectivity index (χ0) is 40.6. The summed E-state index contributed by atoms with van der Waals surface area (Å²) in [6.45, 7) is 9.12. The lowest BCUT2D eigenvalue weighted by Crippen LogP contribution is -2.62. The Hall–Kier alpha value is -5.10. The van der Waals surface area contributed by atoms with Crippen molar-refractivity contribution in [2.75, 3.05) is 19.8 Å². The van der Waals surface area contributed by atoms with E-state index in [0.29, 0.717) is 18.6 Å². The SMILES string of the molecule is C=CCCCO[C@@H]1O[C@H](COC(=O)OCC[Si](C)(C)Cc2ccc3ccccc3c2)[C@@H](OCc2ccccc2)[C@H](OCc2ccccc2)[C@H]1OC(=O)c1ccccc1. The summed E-state index contributed by atoms with van der Waals surface area (Å²) in [5.74, 6) is -0.561. The van der Waals surface area contributed by atoms with Crippen LogP contribution in [0.2, 0.25) is 19.1 Å². The van der Waals surface area contributed by atoms with Crippen molar-refractivity contribution in [1.82, 2.24) is 0 Å². The predicted molar refractivity (Wildman–Crippen MR) is 227 cm³/mol. The maximum absolute atomic E-state index is 13.6. The topological polar surface area (TPSA) is 98.8 Å². The molecule has 1 saturated heterocycles. The van der Waals surface area contributed by atoms with Gasteiger partial charge in [-0.2, -0.15) is 0 Å². The third-order valence-corrected chi connectivity index (χ3v) is 13.0. The monoisotopic (exact) mass is 802 g/mol. The van der Waals surface area contributed by atoms with Crippen LogP contribution in [0.15, 0.2) is 146 Å². The standard InChI is InChI=1S/C48H54O9Si/c1-4-5-17-28-51-47-45(57-46(49)40-23-13-8-14-24-40)44(54-33-37-20-11-7-12-21-37)43(53-32-36-18-9-6-10-19-36)42(56-47)34-55-48(50)52-29-30-58(2,3)35-38-26-27-39-22-15-16-25-41(39)31-38/h4,6-16,18-27,31,42-45,47H,1,5,17,28-30,32-35H2,2-3H3/t42-,43-,44+,45-,47-/m1/s1. The van der Waals surface area contributed by atoms with Crippen molar-refractivity contribution in [2.45, 2.75) is 81.9 Å². The predicted octanol–water partition coefficient (Wildman–Crippen LogP) is 9.89. The summed E-state index contributed by atoms with van der Waals surface area (Å²) in [4.78, 5) is 26.8. The van der Waals surface area contributed by atoms with E-state index in [9.17, 15) is 9.59 Å². The number of esters is 1. The summed E-state index contributed by atoms with van der Waals surface area (Å²) in [6, 6.07) is 44.8. The quantitative estimate of drug-likeness (QED) is 0.0330. The van der Waals surface area contributed by atoms with E-state index in [1.807, 2.05) is 78.9 Å². The Morgan fingerprint density at radius 3 is 1.97 bits per heavy atom. The first-order chi connectivity index (χ1) is 28.3. The molecule has 304 valence electrons. The second-order valence-electron chi connectivity index (χ2n) is 15.3. The Morgan fingerprint density at radius 1 is 0.672 bits per heavy atom. The van der Waals surface area contributed by atoms with Gasteiger partial charge in [-0.3, -0.25) is 0 Å². The molecule has 0 bridgehead atoms. The minimum absolute atomic E-state index is 0.188. The zero-order valence-corrected chi connectivity index (χ0v) is 34.4. The minimum atomic E-state index is -1.79. The molecule has 0 radical (unpaired) electrons. The van der Waals surface area contributed by atoms with E-state index in [1.165, 1.54) is 16.3 Å². The van der Waals surface area contributed by atoms with Crippen molar-refractivity contribution in [3.05, 3.63) is 168 Å². The highest BCUT2D eigenvalue weighted by Crippen LogP contribution is 2.32. The maximum atomic E-state index is 13.6. The van der Waals surface area contributed by atoms with E-state index in [0.717, 1.165) is 29.6 Å². The number of allylic oxidation sites excluding steroid dienone is 1. The van der Waals surface area contributed by atoms with Gasteiger partial charge in [0, 0.05) is 0 Å². The van der Waals surface area contributed by atoms with E-state index in [1.54, 1.807) is 24.3 Å². The van der Waals surface area contributed by atoms with Gasteiger partial charge in [0.25, 0.3) is 0 Å². The fourth-order valence-corrected chi connectivity index (χ4v) is 9.14. The smallest absolute Gasteiger partial charge is 0.450 e. The van der Waals surface area contributed by atoms with Crippen LogP contribution in [0.5, 0.6) is 0 Å². The van der Waals surface area contributed by atoms with Gasteiger partial charge in [-0.15, -0.1) is 6.58 Å². The van der Waals surface area contributed by atoms with Gasteiger partial charge in [0.05, 0.1) is 40.1 Å². The van der Waals surface area contributed by atoms with Crippen LogP contribution >= 0.6 is 0 Å². The molecule has 5 aromatic carbocycles.